The van der Waals surface area contributed by atoms with Crippen LogP contribution in [0.3, 0.4) is 0 Å². The van der Waals surface area contributed by atoms with Crippen LogP contribution in [0, 0.1) is 6.92 Å². The van der Waals surface area contributed by atoms with Gasteiger partial charge < -0.3 is 20.7 Å². The van der Waals surface area contributed by atoms with E-state index in [4.69, 9.17) is 10.5 Å². The highest BCUT2D eigenvalue weighted by Crippen LogP contribution is 2.21. The molecule has 1 rings (SSSR count). The molecule has 0 fully saturated rings. The van der Waals surface area contributed by atoms with E-state index in [0.29, 0.717) is 6.61 Å². The molecular weight excluding hydrogens is 254 g/mol. The Morgan fingerprint density at radius 2 is 2.20 bits per heavy atom. The van der Waals surface area contributed by atoms with Crippen LogP contribution in [0.2, 0.25) is 0 Å². The standard InChI is InChI=1S/C15H25N3O2/c1-4-18(11-15(16)19)14-6-5-13(9-12(14)2)10-17-7-8-20-3/h5-6,9,17H,4,7-8,10-11H2,1-3H3,(H2,16,19). The Morgan fingerprint density at radius 3 is 2.75 bits per heavy atom. The van der Waals surface area contributed by atoms with E-state index in [1.807, 2.05) is 11.8 Å². The van der Waals surface area contributed by atoms with Gasteiger partial charge in [-0.25, -0.2) is 0 Å². The molecule has 0 aliphatic carbocycles. The Balaban J connectivity index is 2.68. The number of aryl methyl sites for hydroxylation is 1. The second-order valence-corrected chi connectivity index (χ2v) is 4.77. The van der Waals surface area contributed by atoms with Crippen molar-refractivity contribution in [2.45, 2.75) is 20.4 Å². The van der Waals surface area contributed by atoms with Gasteiger partial charge >= 0.3 is 0 Å². The molecule has 0 aromatic heterocycles. The maximum absolute atomic E-state index is 11.1. The first-order valence-electron chi connectivity index (χ1n) is 6.91. The molecule has 5 nitrogen and oxygen atoms in total. The number of hydrogen-bond donors (Lipinski definition) is 2. The maximum atomic E-state index is 11.1. The van der Waals surface area contributed by atoms with Crippen molar-refractivity contribution in [2.75, 3.05) is 38.3 Å². The van der Waals surface area contributed by atoms with Gasteiger partial charge in [0.1, 0.15) is 0 Å². The number of likely N-dealkylation sites (N-methyl/N-ethyl adjacent to an activating group) is 1. The summed E-state index contributed by atoms with van der Waals surface area (Å²) in [5.74, 6) is -0.309. The third-order valence-corrected chi connectivity index (χ3v) is 3.14. The van der Waals surface area contributed by atoms with Crippen LogP contribution in [0.1, 0.15) is 18.1 Å². The van der Waals surface area contributed by atoms with Gasteiger partial charge in [0.25, 0.3) is 0 Å². The molecule has 0 radical (unpaired) electrons. The third-order valence-electron chi connectivity index (χ3n) is 3.14. The molecular formula is C15H25N3O2. The van der Waals surface area contributed by atoms with Gasteiger partial charge in [-0.05, 0) is 31.0 Å². The summed E-state index contributed by atoms with van der Waals surface area (Å²) in [6.07, 6.45) is 0. The van der Waals surface area contributed by atoms with Crippen LogP contribution in [0.15, 0.2) is 18.2 Å². The lowest BCUT2D eigenvalue weighted by atomic mass is 10.1. The Hall–Kier alpha value is -1.59. The summed E-state index contributed by atoms with van der Waals surface area (Å²) in [5.41, 5.74) is 8.71. The van der Waals surface area contributed by atoms with E-state index in [0.717, 1.165) is 30.9 Å². The predicted molar refractivity (Wildman–Crippen MR) is 81.8 cm³/mol. The first kappa shape index (κ1) is 16.5. The van der Waals surface area contributed by atoms with Crippen LogP contribution in [-0.4, -0.2) is 39.3 Å². The molecule has 0 saturated carbocycles. The number of methoxy groups -OCH3 is 1. The molecule has 0 atom stereocenters. The molecule has 0 heterocycles. The van der Waals surface area contributed by atoms with Crippen molar-refractivity contribution in [3.63, 3.8) is 0 Å². The zero-order valence-electron chi connectivity index (χ0n) is 12.6. The molecule has 0 saturated heterocycles. The minimum Gasteiger partial charge on any atom is -0.383 e. The number of amides is 1. The van der Waals surface area contributed by atoms with E-state index in [1.54, 1.807) is 7.11 Å². The van der Waals surface area contributed by atoms with Crippen molar-refractivity contribution < 1.29 is 9.53 Å². The Labute approximate surface area is 121 Å². The van der Waals surface area contributed by atoms with Crippen LogP contribution in [0.4, 0.5) is 5.69 Å². The van der Waals surface area contributed by atoms with E-state index >= 15 is 0 Å². The molecule has 1 aromatic carbocycles. The number of nitrogens with two attached hydrogens (primary N) is 1. The van der Waals surface area contributed by atoms with Gasteiger partial charge in [0.2, 0.25) is 5.91 Å². The molecule has 5 heteroatoms. The normalized spacial score (nSPS) is 10.6. The molecule has 1 amide bonds. The van der Waals surface area contributed by atoms with E-state index < -0.39 is 0 Å². The number of rotatable bonds is 9. The summed E-state index contributed by atoms with van der Waals surface area (Å²) >= 11 is 0. The lowest BCUT2D eigenvalue weighted by Gasteiger charge is -2.23. The third kappa shape index (κ3) is 5.19. The van der Waals surface area contributed by atoms with E-state index in [1.165, 1.54) is 5.56 Å². The smallest absolute Gasteiger partial charge is 0.236 e. The van der Waals surface area contributed by atoms with Gasteiger partial charge in [-0.2, -0.15) is 0 Å². The van der Waals surface area contributed by atoms with Crippen molar-refractivity contribution >= 4 is 11.6 Å². The zero-order chi connectivity index (χ0) is 15.0. The Kier molecular flexibility index (Phi) is 7.04. The molecule has 0 aliphatic rings. The first-order chi connectivity index (χ1) is 9.58. The lowest BCUT2D eigenvalue weighted by molar-refractivity contribution is -0.116. The maximum Gasteiger partial charge on any atom is 0.236 e. The second-order valence-electron chi connectivity index (χ2n) is 4.77. The molecule has 0 unspecified atom stereocenters. The van der Waals surface area contributed by atoms with Crippen molar-refractivity contribution in [3.8, 4) is 0 Å². The number of carbonyl (C=O) groups is 1. The molecule has 0 bridgehead atoms. The number of primary amides is 1. The summed E-state index contributed by atoms with van der Waals surface area (Å²) in [7, 11) is 1.69. The number of hydrogen-bond acceptors (Lipinski definition) is 4. The molecule has 112 valence electrons. The monoisotopic (exact) mass is 279 g/mol. The van der Waals surface area contributed by atoms with Crippen molar-refractivity contribution in [3.05, 3.63) is 29.3 Å². The average molecular weight is 279 g/mol. The van der Waals surface area contributed by atoms with Gasteiger partial charge in [0, 0.05) is 32.4 Å². The fourth-order valence-corrected chi connectivity index (χ4v) is 2.14. The Morgan fingerprint density at radius 1 is 1.45 bits per heavy atom. The van der Waals surface area contributed by atoms with E-state index in [9.17, 15) is 4.79 Å². The number of anilines is 1. The summed E-state index contributed by atoms with van der Waals surface area (Å²) < 4.78 is 4.99. The quantitative estimate of drug-likeness (QED) is 0.663. The van der Waals surface area contributed by atoms with E-state index in [-0.39, 0.29) is 12.5 Å². The Bertz CT molecular complexity index is 435. The van der Waals surface area contributed by atoms with Gasteiger partial charge in [-0.3, -0.25) is 4.79 Å². The zero-order valence-corrected chi connectivity index (χ0v) is 12.6. The first-order valence-corrected chi connectivity index (χ1v) is 6.91. The number of nitrogens with one attached hydrogen (secondary N) is 1. The van der Waals surface area contributed by atoms with Crippen LogP contribution < -0.4 is 16.0 Å². The molecule has 20 heavy (non-hydrogen) atoms. The number of carbonyl (C=O) groups excluding carboxylic acids is 1. The summed E-state index contributed by atoms with van der Waals surface area (Å²) in [6.45, 7) is 7.43. The lowest BCUT2D eigenvalue weighted by Crippen LogP contribution is -2.34. The van der Waals surface area contributed by atoms with Crippen LogP contribution in [0.5, 0.6) is 0 Å². The van der Waals surface area contributed by atoms with E-state index in [2.05, 4.69) is 30.4 Å². The minimum absolute atomic E-state index is 0.253. The topological polar surface area (TPSA) is 67.6 Å². The van der Waals surface area contributed by atoms with Crippen LogP contribution in [-0.2, 0) is 16.1 Å². The largest absolute Gasteiger partial charge is 0.383 e. The predicted octanol–water partition coefficient (Wildman–Crippen LogP) is 1.04. The van der Waals surface area contributed by atoms with Crippen LogP contribution >= 0.6 is 0 Å². The summed E-state index contributed by atoms with van der Waals surface area (Å²) in [5, 5.41) is 3.31. The number of benzene rings is 1. The number of nitrogens with zero attached hydrogens (tertiary/aromatic N) is 1. The number of ether oxygens (including phenoxy) is 1. The van der Waals surface area contributed by atoms with Gasteiger partial charge in [0.15, 0.2) is 0 Å². The summed E-state index contributed by atoms with van der Waals surface area (Å²) in [6, 6.07) is 6.26. The highest BCUT2D eigenvalue weighted by atomic mass is 16.5. The van der Waals surface area contributed by atoms with Crippen molar-refractivity contribution in [1.82, 2.24) is 5.32 Å². The second kappa shape index (κ2) is 8.55. The van der Waals surface area contributed by atoms with Gasteiger partial charge in [0.05, 0.1) is 13.2 Å². The molecule has 0 aliphatic heterocycles. The van der Waals surface area contributed by atoms with Crippen molar-refractivity contribution in [2.24, 2.45) is 5.73 Å². The summed E-state index contributed by atoms with van der Waals surface area (Å²) in [4.78, 5) is 13.1. The average Bonchev–Trinajstić information content (AvgIpc) is 2.41. The van der Waals surface area contributed by atoms with Gasteiger partial charge in [-0.15, -0.1) is 0 Å². The highest BCUT2D eigenvalue weighted by Gasteiger charge is 2.10. The minimum atomic E-state index is -0.309. The van der Waals surface area contributed by atoms with Crippen LogP contribution in [0.25, 0.3) is 0 Å². The molecule has 1 aromatic rings. The van der Waals surface area contributed by atoms with Crippen molar-refractivity contribution in [1.29, 1.82) is 0 Å². The highest BCUT2D eigenvalue weighted by molar-refractivity contribution is 5.79. The molecule has 3 N–H and O–H groups in total. The fourth-order valence-electron chi connectivity index (χ4n) is 2.14. The molecule has 0 spiro atoms. The van der Waals surface area contributed by atoms with Gasteiger partial charge in [-0.1, -0.05) is 12.1 Å². The SMILES string of the molecule is CCN(CC(N)=O)c1ccc(CNCCOC)cc1C. The fraction of sp³-hybridized carbons (Fsp3) is 0.533.